The van der Waals surface area contributed by atoms with E-state index in [1.54, 1.807) is 12.1 Å². The van der Waals surface area contributed by atoms with Crippen LogP contribution >= 0.6 is 0 Å². The highest BCUT2D eigenvalue weighted by Gasteiger charge is 2.17. The fraction of sp³-hybridized carbons (Fsp3) is 0.250. The molecule has 0 fully saturated rings. The van der Waals surface area contributed by atoms with Crippen molar-refractivity contribution in [1.82, 2.24) is 15.2 Å². The quantitative estimate of drug-likeness (QED) is 0.652. The molecule has 28 heavy (non-hydrogen) atoms. The van der Waals surface area contributed by atoms with Gasteiger partial charge in [0.1, 0.15) is 5.82 Å². The summed E-state index contributed by atoms with van der Waals surface area (Å²) in [6, 6.07) is 10.7. The lowest BCUT2D eigenvalue weighted by Gasteiger charge is -2.14. The molecule has 0 bridgehead atoms. The Hall–Kier alpha value is -3.55. The first-order chi connectivity index (χ1) is 13.5. The number of anilines is 1. The summed E-state index contributed by atoms with van der Waals surface area (Å²) in [6.07, 6.45) is 0.617. The maximum absolute atomic E-state index is 12.6. The van der Waals surface area contributed by atoms with Gasteiger partial charge in [-0.25, -0.2) is 4.98 Å². The zero-order valence-electron chi connectivity index (χ0n) is 16.2. The van der Waals surface area contributed by atoms with Gasteiger partial charge in [0.05, 0.1) is 21.3 Å². The Labute approximate surface area is 162 Å². The second-order valence-electron chi connectivity index (χ2n) is 6.08. The van der Waals surface area contributed by atoms with Gasteiger partial charge in [-0.3, -0.25) is 9.89 Å². The number of rotatable bonds is 7. The van der Waals surface area contributed by atoms with E-state index in [-0.39, 0.29) is 5.91 Å². The number of carbonyl (C=O) groups is 1. The van der Waals surface area contributed by atoms with Crippen LogP contribution in [0.25, 0.3) is 0 Å². The number of amides is 1. The van der Waals surface area contributed by atoms with Crippen molar-refractivity contribution in [3.05, 3.63) is 59.2 Å². The number of aromatic nitrogens is 3. The van der Waals surface area contributed by atoms with E-state index in [4.69, 9.17) is 14.2 Å². The molecule has 1 heterocycles. The van der Waals surface area contributed by atoms with Gasteiger partial charge in [-0.1, -0.05) is 12.1 Å². The minimum atomic E-state index is -0.281. The van der Waals surface area contributed by atoms with Crippen molar-refractivity contribution in [3.63, 3.8) is 0 Å². The highest BCUT2D eigenvalue weighted by molar-refractivity contribution is 6.05. The summed E-state index contributed by atoms with van der Waals surface area (Å²) in [7, 11) is 4.53. The zero-order valence-corrected chi connectivity index (χ0v) is 16.2. The van der Waals surface area contributed by atoms with Crippen LogP contribution in [0.2, 0.25) is 0 Å². The molecule has 1 amide bonds. The SMILES string of the molecule is COc1cc(C(=O)Nc2ccc(Cc3n[nH]c(C)n3)cc2)cc(OC)c1OC. The van der Waals surface area contributed by atoms with E-state index >= 15 is 0 Å². The first-order valence-electron chi connectivity index (χ1n) is 8.62. The number of H-pyrrole nitrogens is 1. The summed E-state index contributed by atoms with van der Waals surface area (Å²) in [5.41, 5.74) is 2.12. The van der Waals surface area contributed by atoms with E-state index in [0.29, 0.717) is 34.9 Å². The Balaban J connectivity index is 1.74. The van der Waals surface area contributed by atoms with Crippen LogP contribution < -0.4 is 19.5 Å². The third kappa shape index (κ3) is 4.22. The highest BCUT2D eigenvalue weighted by Crippen LogP contribution is 2.38. The number of methoxy groups -OCH3 is 3. The molecule has 0 radical (unpaired) electrons. The lowest BCUT2D eigenvalue weighted by Crippen LogP contribution is -2.12. The van der Waals surface area contributed by atoms with Gasteiger partial charge in [-0.15, -0.1) is 0 Å². The third-order valence-corrected chi connectivity index (χ3v) is 4.14. The van der Waals surface area contributed by atoms with Crippen molar-refractivity contribution in [2.75, 3.05) is 26.6 Å². The van der Waals surface area contributed by atoms with Crippen LogP contribution in [-0.4, -0.2) is 42.4 Å². The molecule has 2 N–H and O–H groups in total. The van der Waals surface area contributed by atoms with Crippen molar-refractivity contribution >= 4 is 11.6 Å². The molecule has 3 rings (SSSR count). The van der Waals surface area contributed by atoms with Crippen LogP contribution in [0.5, 0.6) is 17.2 Å². The molecule has 2 aromatic carbocycles. The maximum atomic E-state index is 12.6. The summed E-state index contributed by atoms with van der Waals surface area (Å²) >= 11 is 0. The van der Waals surface area contributed by atoms with Crippen LogP contribution in [-0.2, 0) is 6.42 Å². The van der Waals surface area contributed by atoms with Crippen LogP contribution in [0.1, 0.15) is 27.6 Å². The number of carbonyl (C=O) groups excluding carboxylic acids is 1. The van der Waals surface area contributed by atoms with Crippen LogP contribution in [0.3, 0.4) is 0 Å². The molecule has 3 aromatic rings. The molecule has 1 aromatic heterocycles. The second-order valence-corrected chi connectivity index (χ2v) is 6.08. The van der Waals surface area contributed by atoms with Crippen molar-refractivity contribution in [3.8, 4) is 17.2 Å². The number of nitrogens with zero attached hydrogens (tertiary/aromatic N) is 2. The Bertz CT molecular complexity index is 942. The Morgan fingerprint density at radius 1 is 1.04 bits per heavy atom. The highest BCUT2D eigenvalue weighted by atomic mass is 16.5. The van der Waals surface area contributed by atoms with Crippen molar-refractivity contribution < 1.29 is 19.0 Å². The smallest absolute Gasteiger partial charge is 0.255 e. The molecule has 0 saturated carbocycles. The lowest BCUT2D eigenvalue weighted by atomic mass is 10.1. The molecule has 0 atom stereocenters. The molecule has 0 unspecified atom stereocenters. The molecule has 8 nitrogen and oxygen atoms in total. The third-order valence-electron chi connectivity index (χ3n) is 4.14. The number of benzene rings is 2. The Morgan fingerprint density at radius 2 is 1.68 bits per heavy atom. The normalized spacial score (nSPS) is 10.4. The van der Waals surface area contributed by atoms with Gasteiger partial charge in [0, 0.05) is 17.7 Å². The van der Waals surface area contributed by atoms with E-state index < -0.39 is 0 Å². The van der Waals surface area contributed by atoms with Crippen LogP contribution in [0.4, 0.5) is 5.69 Å². The standard InChI is InChI=1S/C20H22N4O4/c1-12-21-18(24-23-12)9-13-5-7-15(8-6-13)22-20(25)14-10-16(26-2)19(28-4)17(11-14)27-3/h5-8,10-11H,9H2,1-4H3,(H,22,25)(H,21,23,24). The summed E-state index contributed by atoms with van der Waals surface area (Å²) in [4.78, 5) is 16.9. The van der Waals surface area contributed by atoms with Gasteiger partial charge in [-0.05, 0) is 36.8 Å². The number of aromatic amines is 1. The topological polar surface area (TPSA) is 98.4 Å². The van der Waals surface area contributed by atoms with Gasteiger partial charge in [-0.2, -0.15) is 5.10 Å². The first kappa shape index (κ1) is 19.2. The number of hydrogen-bond acceptors (Lipinski definition) is 6. The largest absolute Gasteiger partial charge is 0.493 e. The number of aryl methyl sites for hydroxylation is 1. The van der Waals surface area contributed by atoms with Crippen LogP contribution in [0.15, 0.2) is 36.4 Å². The average molecular weight is 382 g/mol. The minimum absolute atomic E-state index is 0.281. The lowest BCUT2D eigenvalue weighted by molar-refractivity contribution is 0.102. The van der Waals surface area contributed by atoms with E-state index in [0.717, 1.165) is 17.2 Å². The molecular formula is C20H22N4O4. The van der Waals surface area contributed by atoms with Crippen molar-refractivity contribution in [2.24, 2.45) is 0 Å². The maximum Gasteiger partial charge on any atom is 0.255 e. The molecule has 0 aliphatic heterocycles. The van der Waals surface area contributed by atoms with Gasteiger partial charge < -0.3 is 19.5 Å². The van der Waals surface area contributed by atoms with Crippen molar-refractivity contribution in [2.45, 2.75) is 13.3 Å². The first-order valence-corrected chi connectivity index (χ1v) is 8.62. The zero-order chi connectivity index (χ0) is 20.1. The predicted molar refractivity (Wildman–Crippen MR) is 104 cm³/mol. The predicted octanol–water partition coefficient (Wildman–Crippen LogP) is 2.98. The number of hydrogen-bond donors (Lipinski definition) is 2. The molecule has 8 heteroatoms. The molecule has 146 valence electrons. The summed E-state index contributed by atoms with van der Waals surface area (Å²) in [6.45, 7) is 1.86. The summed E-state index contributed by atoms with van der Waals surface area (Å²) in [5.74, 6) is 2.51. The van der Waals surface area contributed by atoms with E-state index in [9.17, 15) is 4.79 Å². The van der Waals surface area contributed by atoms with E-state index in [1.165, 1.54) is 21.3 Å². The van der Waals surface area contributed by atoms with Crippen molar-refractivity contribution in [1.29, 1.82) is 0 Å². The molecule has 0 spiro atoms. The Kier molecular flexibility index (Phi) is 5.78. The fourth-order valence-corrected chi connectivity index (χ4v) is 2.77. The monoisotopic (exact) mass is 382 g/mol. The molecule has 0 aliphatic carbocycles. The fourth-order valence-electron chi connectivity index (χ4n) is 2.77. The van der Waals surface area contributed by atoms with Gasteiger partial charge in [0.15, 0.2) is 17.3 Å². The second kappa shape index (κ2) is 8.43. The molecule has 0 saturated heterocycles. The van der Waals surface area contributed by atoms with Gasteiger partial charge in [0.25, 0.3) is 5.91 Å². The number of ether oxygens (including phenoxy) is 3. The molecular weight excluding hydrogens is 360 g/mol. The van der Waals surface area contributed by atoms with Gasteiger partial charge >= 0.3 is 0 Å². The number of nitrogens with one attached hydrogen (secondary N) is 2. The van der Waals surface area contributed by atoms with Crippen LogP contribution in [0, 0.1) is 6.92 Å². The average Bonchev–Trinajstić information content (AvgIpc) is 3.12. The Morgan fingerprint density at radius 3 is 2.18 bits per heavy atom. The van der Waals surface area contributed by atoms with E-state index in [1.807, 2.05) is 31.2 Å². The summed E-state index contributed by atoms with van der Waals surface area (Å²) < 4.78 is 15.9. The molecule has 0 aliphatic rings. The summed E-state index contributed by atoms with van der Waals surface area (Å²) in [5, 5.41) is 9.82. The minimum Gasteiger partial charge on any atom is -0.493 e. The van der Waals surface area contributed by atoms with E-state index in [2.05, 4.69) is 20.5 Å². The van der Waals surface area contributed by atoms with Gasteiger partial charge in [0.2, 0.25) is 5.75 Å².